The van der Waals surface area contributed by atoms with E-state index in [1.165, 1.54) is 14.2 Å². The minimum atomic E-state index is -0.540. The normalized spacial score (nSPS) is 10.3. The fraction of sp³-hybridized carbons (Fsp3) is 0.154. The molecule has 5 nitrogen and oxygen atoms in total. The van der Waals surface area contributed by atoms with Gasteiger partial charge in [0, 0.05) is 9.86 Å². The van der Waals surface area contributed by atoms with Crippen LogP contribution in [0.25, 0.3) is 10.9 Å². The van der Waals surface area contributed by atoms with Crippen molar-refractivity contribution in [3.8, 4) is 5.88 Å². The van der Waals surface area contributed by atoms with Gasteiger partial charge in [0.05, 0.1) is 25.3 Å². The summed E-state index contributed by atoms with van der Waals surface area (Å²) >= 11 is 3.28. The number of pyridine rings is 1. The van der Waals surface area contributed by atoms with Crippen LogP contribution in [-0.4, -0.2) is 31.5 Å². The SMILES string of the molecule is COC(=O)c1cc2ccc(Br)c(C=O)c2nc1OC. The second-order valence-corrected chi connectivity index (χ2v) is 4.54. The van der Waals surface area contributed by atoms with E-state index >= 15 is 0 Å². The van der Waals surface area contributed by atoms with Crippen molar-refractivity contribution < 1.29 is 19.1 Å². The van der Waals surface area contributed by atoms with Crippen molar-refractivity contribution in [2.24, 2.45) is 0 Å². The molecular weight excluding hydrogens is 314 g/mol. The van der Waals surface area contributed by atoms with Crippen LogP contribution < -0.4 is 4.74 Å². The zero-order valence-corrected chi connectivity index (χ0v) is 11.9. The molecule has 0 aliphatic heterocycles. The highest BCUT2D eigenvalue weighted by atomic mass is 79.9. The van der Waals surface area contributed by atoms with Crippen LogP contribution in [0.2, 0.25) is 0 Å². The van der Waals surface area contributed by atoms with Crippen molar-refractivity contribution in [2.45, 2.75) is 0 Å². The number of halogens is 1. The van der Waals surface area contributed by atoms with Gasteiger partial charge < -0.3 is 9.47 Å². The van der Waals surface area contributed by atoms with E-state index in [0.717, 1.165) is 0 Å². The number of ether oxygens (including phenoxy) is 2. The number of benzene rings is 1. The van der Waals surface area contributed by atoms with E-state index in [-0.39, 0.29) is 11.4 Å². The summed E-state index contributed by atoms with van der Waals surface area (Å²) in [5, 5.41) is 0.659. The predicted octanol–water partition coefficient (Wildman–Crippen LogP) is 2.61. The van der Waals surface area contributed by atoms with Gasteiger partial charge in [0.2, 0.25) is 5.88 Å². The number of hydrogen-bond donors (Lipinski definition) is 0. The molecule has 1 aromatic heterocycles. The zero-order valence-electron chi connectivity index (χ0n) is 10.3. The molecule has 0 saturated heterocycles. The summed E-state index contributed by atoms with van der Waals surface area (Å²) < 4.78 is 10.4. The Morgan fingerprint density at radius 1 is 1.37 bits per heavy atom. The topological polar surface area (TPSA) is 65.5 Å². The lowest BCUT2D eigenvalue weighted by Crippen LogP contribution is -2.06. The average molecular weight is 324 g/mol. The third-order valence-corrected chi connectivity index (χ3v) is 3.35. The number of aldehydes is 1. The first-order valence-electron chi connectivity index (χ1n) is 5.33. The molecule has 2 aromatic rings. The second-order valence-electron chi connectivity index (χ2n) is 3.69. The molecule has 0 unspecified atom stereocenters. The van der Waals surface area contributed by atoms with Gasteiger partial charge in [-0.3, -0.25) is 4.79 Å². The molecule has 0 N–H and O–H groups in total. The van der Waals surface area contributed by atoms with E-state index in [1.807, 2.05) is 0 Å². The zero-order chi connectivity index (χ0) is 14.0. The van der Waals surface area contributed by atoms with Crippen LogP contribution in [0.5, 0.6) is 5.88 Å². The monoisotopic (exact) mass is 323 g/mol. The van der Waals surface area contributed by atoms with Crippen LogP contribution in [0.15, 0.2) is 22.7 Å². The number of hydrogen-bond acceptors (Lipinski definition) is 5. The molecule has 19 heavy (non-hydrogen) atoms. The third-order valence-electron chi connectivity index (χ3n) is 2.66. The van der Waals surface area contributed by atoms with E-state index in [2.05, 4.69) is 25.7 Å². The Balaban J connectivity index is 2.81. The van der Waals surface area contributed by atoms with Crippen molar-refractivity contribution in [2.75, 3.05) is 14.2 Å². The van der Waals surface area contributed by atoms with Gasteiger partial charge in [0.15, 0.2) is 6.29 Å². The Bertz CT molecular complexity index is 669. The minimum absolute atomic E-state index is 0.126. The van der Waals surface area contributed by atoms with E-state index in [9.17, 15) is 9.59 Å². The summed E-state index contributed by atoms with van der Waals surface area (Å²) in [6.45, 7) is 0. The van der Waals surface area contributed by atoms with Crippen LogP contribution >= 0.6 is 15.9 Å². The third kappa shape index (κ3) is 2.31. The highest BCUT2D eigenvalue weighted by Gasteiger charge is 2.17. The molecule has 1 heterocycles. The summed E-state index contributed by atoms with van der Waals surface area (Å²) in [4.78, 5) is 27.0. The average Bonchev–Trinajstić information content (AvgIpc) is 2.45. The fourth-order valence-corrected chi connectivity index (χ4v) is 2.16. The predicted molar refractivity (Wildman–Crippen MR) is 72.7 cm³/mol. The molecule has 6 heteroatoms. The lowest BCUT2D eigenvalue weighted by molar-refractivity contribution is 0.0596. The molecule has 0 amide bonds. The first-order valence-corrected chi connectivity index (χ1v) is 6.12. The van der Waals surface area contributed by atoms with Crippen molar-refractivity contribution in [3.05, 3.63) is 33.8 Å². The number of carbonyl (C=O) groups is 2. The lowest BCUT2D eigenvalue weighted by atomic mass is 10.1. The molecule has 0 spiro atoms. The van der Waals surface area contributed by atoms with Crippen molar-refractivity contribution in [1.29, 1.82) is 0 Å². The lowest BCUT2D eigenvalue weighted by Gasteiger charge is -2.09. The van der Waals surface area contributed by atoms with Gasteiger partial charge in [-0.1, -0.05) is 6.07 Å². The number of esters is 1. The van der Waals surface area contributed by atoms with Gasteiger partial charge in [-0.2, -0.15) is 0 Å². The van der Waals surface area contributed by atoms with Gasteiger partial charge in [-0.15, -0.1) is 0 Å². The summed E-state index contributed by atoms with van der Waals surface area (Å²) in [7, 11) is 2.68. The van der Waals surface area contributed by atoms with Gasteiger partial charge in [0.25, 0.3) is 0 Å². The molecule has 0 fully saturated rings. The number of aromatic nitrogens is 1. The molecular formula is C13H10BrNO4. The first-order chi connectivity index (χ1) is 9.12. The van der Waals surface area contributed by atoms with Gasteiger partial charge in [-0.05, 0) is 28.1 Å². The number of rotatable bonds is 3. The molecule has 0 aliphatic rings. The quantitative estimate of drug-likeness (QED) is 0.641. The van der Waals surface area contributed by atoms with Gasteiger partial charge >= 0.3 is 5.97 Å². The number of fused-ring (bicyclic) bond motifs is 1. The summed E-state index contributed by atoms with van der Waals surface area (Å²) in [6, 6.07) is 5.07. The van der Waals surface area contributed by atoms with Crippen LogP contribution in [0.3, 0.4) is 0 Å². The molecule has 0 radical (unpaired) electrons. The maximum atomic E-state index is 11.6. The van der Waals surface area contributed by atoms with E-state index in [1.54, 1.807) is 18.2 Å². The van der Waals surface area contributed by atoms with Crippen LogP contribution in [-0.2, 0) is 4.74 Å². The standard InChI is InChI=1S/C13H10BrNO4/c1-18-12-8(13(17)19-2)5-7-3-4-10(14)9(6-16)11(7)15-12/h3-6H,1-2H3. The summed E-state index contributed by atoms with van der Waals surface area (Å²) in [5.74, 6) is -0.414. The Kier molecular flexibility index (Phi) is 3.80. The second kappa shape index (κ2) is 5.36. The molecule has 0 atom stereocenters. The maximum absolute atomic E-state index is 11.6. The van der Waals surface area contributed by atoms with Crippen LogP contribution in [0, 0.1) is 0 Å². The molecule has 1 aromatic carbocycles. The Morgan fingerprint density at radius 3 is 2.68 bits per heavy atom. The van der Waals surface area contributed by atoms with Gasteiger partial charge in [-0.25, -0.2) is 9.78 Å². The Morgan fingerprint density at radius 2 is 2.11 bits per heavy atom. The number of methoxy groups -OCH3 is 2. The van der Waals surface area contributed by atoms with Crippen LogP contribution in [0.4, 0.5) is 0 Å². The van der Waals surface area contributed by atoms with E-state index < -0.39 is 5.97 Å². The number of carbonyl (C=O) groups excluding carboxylic acids is 2. The Labute approximate surface area is 117 Å². The largest absolute Gasteiger partial charge is 0.480 e. The molecule has 0 aliphatic carbocycles. The number of nitrogens with zero attached hydrogens (tertiary/aromatic N) is 1. The van der Waals surface area contributed by atoms with Crippen molar-refractivity contribution >= 4 is 39.1 Å². The molecule has 2 rings (SSSR count). The van der Waals surface area contributed by atoms with Crippen molar-refractivity contribution in [3.63, 3.8) is 0 Å². The molecule has 98 valence electrons. The highest BCUT2D eigenvalue weighted by Crippen LogP contribution is 2.28. The van der Waals surface area contributed by atoms with Gasteiger partial charge in [0.1, 0.15) is 5.56 Å². The fourth-order valence-electron chi connectivity index (χ4n) is 1.74. The molecule has 0 bridgehead atoms. The van der Waals surface area contributed by atoms with E-state index in [0.29, 0.717) is 27.2 Å². The highest BCUT2D eigenvalue weighted by molar-refractivity contribution is 9.10. The maximum Gasteiger partial charge on any atom is 0.343 e. The molecule has 0 saturated carbocycles. The Hall–Kier alpha value is -1.95. The minimum Gasteiger partial charge on any atom is -0.480 e. The van der Waals surface area contributed by atoms with Crippen LogP contribution in [0.1, 0.15) is 20.7 Å². The summed E-state index contributed by atoms with van der Waals surface area (Å²) in [5.41, 5.74) is 1.10. The summed E-state index contributed by atoms with van der Waals surface area (Å²) in [6.07, 6.45) is 0.705. The van der Waals surface area contributed by atoms with Crippen molar-refractivity contribution in [1.82, 2.24) is 4.98 Å². The van der Waals surface area contributed by atoms with E-state index in [4.69, 9.17) is 4.74 Å². The smallest absolute Gasteiger partial charge is 0.343 e. The first kappa shape index (κ1) is 13.5.